The minimum absolute atomic E-state index is 0.0383. The summed E-state index contributed by atoms with van der Waals surface area (Å²) >= 11 is 14.0. The molecule has 2 aromatic carbocycles. The molecule has 10 nitrogen and oxygen atoms in total. The Morgan fingerprint density at radius 1 is 0.939 bits per heavy atom. The topological polar surface area (TPSA) is 118 Å². The Labute approximate surface area is 292 Å². The summed E-state index contributed by atoms with van der Waals surface area (Å²) in [5.41, 5.74) is 5.13. The summed E-state index contributed by atoms with van der Waals surface area (Å²) in [7, 11) is 2.90. The molecule has 2 aromatic heterocycles. The van der Waals surface area contributed by atoms with Crippen LogP contribution in [0.3, 0.4) is 0 Å². The monoisotopic (exact) mass is 717 g/mol. The quantitative estimate of drug-likeness (QED) is 0.137. The fraction of sp³-hybridized carbons (Fsp3) is 0.353. The van der Waals surface area contributed by atoms with E-state index < -0.39 is 19.3 Å². The van der Waals surface area contributed by atoms with E-state index >= 15 is 0 Å². The fourth-order valence-corrected chi connectivity index (χ4v) is 6.26. The summed E-state index contributed by atoms with van der Waals surface area (Å²) in [4.78, 5) is 19.2. The van der Waals surface area contributed by atoms with Gasteiger partial charge in [0.2, 0.25) is 11.8 Å². The molecule has 4 aromatic rings. The highest BCUT2D eigenvalue weighted by Crippen LogP contribution is 2.42. The molecule has 49 heavy (non-hydrogen) atoms. The van der Waals surface area contributed by atoms with Gasteiger partial charge in [-0.1, -0.05) is 66.2 Å². The second-order valence-corrected chi connectivity index (χ2v) is 12.2. The van der Waals surface area contributed by atoms with Crippen molar-refractivity contribution in [2.24, 2.45) is 0 Å². The zero-order valence-electron chi connectivity index (χ0n) is 26.9. The molecule has 15 heteroatoms. The smallest absolute Gasteiger partial charge is 0.401 e. The molecule has 0 spiro atoms. The molecule has 1 atom stereocenters. The van der Waals surface area contributed by atoms with Crippen LogP contribution in [0.5, 0.6) is 11.8 Å². The molecule has 0 radical (unpaired) electrons. The Bertz CT molecular complexity index is 1790. The Hall–Kier alpha value is -4.01. The van der Waals surface area contributed by atoms with Gasteiger partial charge in [0.1, 0.15) is 11.4 Å². The highest BCUT2D eigenvalue weighted by molar-refractivity contribution is 6.39. The van der Waals surface area contributed by atoms with Gasteiger partial charge in [-0.3, -0.25) is 14.9 Å². The molecule has 260 valence electrons. The Morgan fingerprint density at radius 3 is 2.00 bits per heavy atom. The number of aliphatic hydroxyl groups excluding tert-OH is 1. The number of ether oxygens (including phenoxy) is 2. The molecule has 1 saturated heterocycles. The van der Waals surface area contributed by atoms with E-state index in [-0.39, 0.29) is 24.7 Å². The summed E-state index contributed by atoms with van der Waals surface area (Å²) in [6, 6.07) is 11.2. The third-order valence-electron chi connectivity index (χ3n) is 7.93. The average molecular weight is 719 g/mol. The summed E-state index contributed by atoms with van der Waals surface area (Å²) in [5, 5.41) is 16.7. The van der Waals surface area contributed by atoms with Crippen molar-refractivity contribution < 1.29 is 27.8 Å². The van der Waals surface area contributed by atoms with Crippen LogP contribution in [-0.4, -0.2) is 82.6 Å². The second-order valence-electron chi connectivity index (χ2n) is 11.4. The molecular weight excluding hydrogens is 682 g/mol. The van der Waals surface area contributed by atoms with E-state index in [1.807, 2.05) is 24.3 Å². The lowest BCUT2D eigenvalue weighted by Crippen LogP contribution is -2.36. The number of aliphatic hydroxyl groups is 1. The Morgan fingerprint density at radius 2 is 1.49 bits per heavy atom. The van der Waals surface area contributed by atoms with Crippen LogP contribution < -0.4 is 20.1 Å². The number of aromatic nitrogens is 4. The van der Waals surface area contributed by atoms with Crippen LogP contribution in [0.2, 0.25) is 10.0 Å². The van der Waals surface area contributed by atoms with Crippen molar-refractivity contribution in [2.75, 3.05) is 40.5 Å². The van der Waals surface area contributed by atoms with Crippen molar-refractivity contribution >= 4 is 23.2 Å². The molecule has 1 aliphatic heterocycles. The molecule has 0 bridgehead atoms. The first kappa shape index (κ1) is 36.3. The molecule has 5 rings (SSSR count). The minimum Gasteiger partial charge on any atom is -0.480 e. The number of nitrogens with one attached hydrogen (secondary N) is 2. The van der Waals surface area contributed by atoms with Crippen LogP contribution in [0, 0.1) is 0 Å². The van der Waals surface area contributed by atoms with Crippen molar-refractivity contribution in [3.63, 3.8) is 0 Å². The van der Waals surface area contributed by atoms with Crippen LogP contribution in [0.25, 0.3) is 33.6 Å². The number of hydrogen-bond acceptors (Lipinski definition) is 10. The number of halogens is 5. The third-order valence-corrected chi connectivity index (χ3v) is 8.74. The largest absolute Gasteiger partial charge is 0.480 e. The lowest BCUT2D eigenvalue weighted by atomic mass is 9.98. The van der Waals surface area contributed by atoms with Crippen LogP contribution >= 0.6 is 23.2 Å². The average Bonchev–Trinajstić information content (AvgIpc) is 3.49. The predicted octanol–water partition coefficient (Wildman–Crippen LogP) is 6.30. The Kier molecular flexibility index (Phi) is 11.9. The fourth-order valence-electron chi connectivity index (χ4n) is 5.61. The zero-order valence-corrected chi connectivity index (χ0v) is 28.5. The summed E-state index contributed by atoms with van der Waals surface area (Å²) < 4.78 is 50.2. The van der Waals surface area contributed by atoms with E-state index in [1.54, 1.807) is 25.4 Å². The van der Waals surface area contributed by atoms with Crippen molar-refractivity contribution in [3.05, 3.63) is 82.5 Å². The van der Waals surface area contributed by atoms with E-state index in [4.69, 9.17) is 37.7 Å². The first-order chi connectivity index (χ1) is 23.5. The number of benzene rings is 2. The van der Waals surface area contributed by atoms with Gasteiger partial charge in [-0.15, -0.1) is 0 Å². The number of methoxy groups -OCH3 is 2. The lowest BCUT2D eigenvalue weighted by molar-refractivity contribution is -0.148. The van der Waals surface area contributed by atoms with E-state index in [2.05, 4.69) is 32.2 Å². The lowest BCUT2D eigenvalue weighted by Gasteiger charge is -2.23. The van der Waals surface area contributed by atoms with Crippen molar-refractivity contribution in [3.8, 4) is 45.4 Å². The summed E-state index contributed by atoms with van der Waals surface area (Å²) in [6.07, 6.45) is 0.620. The van der Waals surface area contributed by atoms with Gasteiger partial charge in [0.05, 0.1) is 61.2 Å². The normalized spacial score (nSPS) is 14.7. The number of allylic oxidation sites excluding steroid dienone is 1. The minimum atomic E-state index is -4.45. The second kappa shape index (κ2) is 16.1. The van der Waals surface area contributed by atoms with Gasteiger partial charge < -0.3 is 25.2 Å². The maximum Gasteiger partial charge on any atom is 0.401 e. The van der Waals surface area contributed by atoms with Crippen molar-refractivity contribution in [1.82, 2.24) is 35.5 Å². The molecular formula is C34H36Cl2F3N7O3. The van der Waals surface area contributed by atoms with Gasteiger partial charge in [-0.05, 0) is 12.8 Å². The van der Waals surface area contributed by atoms with Crippen LogP contribution in [0.1, 0.15) is 24.2 Å². The molecule has 1 aliphatic rings. The number of nitrogens with zero attached hydrogens (tertiary/aromatic N) is 5. The highest BCUT2D eigenvalue weighted by Gasteiger charge is 2.31. The number of rotatable bonds is 14. The van der Waals surface area contributed by atoms with Gasteiger partial charge in [-0.2, -0.15) is 13.2 Å². The van der Waals surface area contributed by atoms with Crippen molar-refractivity contribution in [1.29, 1.82) is 0 Å². The zero-order chi connectivity index (χ0) is 35.1. The molecule has 1 fully saturated rings. The van der Waals surface area contributed by atoms with E-state index in [0.29, 0.717) is 67.8 Å². The molecule has 0 unspecified atom stereocenters. The molecule has 3 N–H and O–H groups in total. The Balaban J connectivity index is 1.39. The van der Waals surface area contributed by atoms with Gasteiger partial charge in [0.15, 0.2) is 0 Å². The third kappa shape index (κ3) is 8.97. The van der Waals surface area contributed by atoms with Gasteiger partial charge >= 0.3 is 6.18 Å². The van der Waals surface area contributed by atoms with E-state index in [0.717, 1.165) is 30.0 Å². The molecule has 0 amide bonds. The van der Waals surface area contributed by atoms with Gasteiger partial charge in [0, 0.05) is 60.2 Å². The number of alkyl halides is 3. The van der Waals surface area contributed by atoms with Gasteiger partial charge in [-0.25, -0.2) is 9.97 Å². The summed E-state index contributed by atoms with van der Waals surface area (Å²) in [5.74, 6) is 0.417. The van der Waals surface area contributed by atoms with Crippen LogP contribution in [0.4, 0.5) is 13.2 Å². The van der Waals surface area contributed by atoms with Crippen molar-refractivity contribution in [2.45, 2.75) is 38.1 Å². The molecule has 0 aliphatic carbocycles. The van der Waals surface area contributed by atoms with Crippen LogP contribution in [-0.2, 0) is 13.1 Å². The standard InChI is InChI=1S/C34H36Cl2F3N7O3/c1-20-10-11-21(43-20)14-40-15-28-32(48-2)44-26(16-41-28)24-8-4-6-22(30(24)35)23-7-5-9-25(31(23)36)27-17-42-29(33(45-27)49-3)18-46(12-13-47)19-34(37,38)39/h4-9,16-17,21,40,43,47H,1,10-15,18-19H2,2-3H3/t21-/m0/s1. The van der Waals surface area contributed by atoms with E-state index in [9.17, 15) is 18.3 Å². The first-order valence-electron chi connectivity index (χ1n) is 15.4. The number of hydrogen-bond donors (Lipinski definition) is 3. The maximum atomic E-state index is 13.1. The molecule has 3 heterocycles. The highest BCUT2D eigenvalue weighted by atomic mass is 35.5. The van der Waals surface area contributed by atoms with Gasteiger partial charge in [0.25, 0.3) is 0 Å². The molecule has 0 saturated carbocycles. The predicted molar refractivity (Wildman–Crippen MR) is 182 cm³/mol. The first-order valence-corrected chi connectivity index (χ1v) is 16.2. The SMILES string of the molecule is C=C1CC[C@@H](CNCc2ncc(-c3cccc(-c4cccc(-c5cnc(CN(CCO)CC(F)(F)F)c(OC)n5)c4Cl)c3Cl)nc2OC)N1. The summed E-state index contributed by atoms with van der Waals surface area (Å²) in [6.45, 7) is 3.11. The maximum absolute atomic E-state index is 13.1. The van der Waals surface area contributed by atoms with E-state index in [1.165, 1.54) is 13.3 Å². The van der Waals surface area contributed by atoms with Crippen LogP contribution in [0.15, 0.2) is 61.1 Å².